The highest BCUT2D eigenvalue weighted by Gasteiger charge is 2.44. The number of rotatable bonds is 6. The van der Waals surface area contributed by atoms with Crippen LogP contribution in [0.5, 0.6) is 0 Å². The molecule has 2 unspecified atom stereocenters. The quantitative estimate of drug-likeness (QED) is 0.533. The predicted octanol–water partition coefficient (Wildman–Crippen LogP) is 1.07. The van der Waals surface area contributed by atoms with Gasteiger partial charge in [-0.15, -0.1) is 0 Å². The van der Waals surface area contributed by atoms with Gasteiger partial charge in [-0.3, -0.25) is 9.59 Å². The average Bonchev–Trinajstić information content (AvgIpc) is 2.17. The maximum Gasteiger partial charge on any atom is 0.323 e. The van der Waals surface area contributed by atoms with Crippen LogP contribution >= 0.6 is 0 Å². The monoisotopic (exact) mass is 218 g/mol. The van der Waals surface area contributed by atoms with Crippen molar-refractivity contribution in [2.24, 2.45) is 5.41 Å². The summed E-state index contributed by atoms with van der Waals surface area (Å²) in [5.74, 6) is -1.91. The fourth-order valence-electron chi connectivity index (χ4n) is 1.21. The zero-order valence-corrected chi connectivity index (χ0v) is 9.57. The van der Waals surface area contributed by atoms with Crippen LogP contribution in [0.4, 0.5) is 0 Å². The Morgan fingerprint density at radius 1 is 1.47 bits per heavy atom. The van der Waals surface area contributed by atoms with E-state index in [4.69, 9.17) is 14.6 Å². The van der Waals surface area contributed by atoms with Gasteiger partial charge < -0.3 is 14.6 Å². The van der Waals surface area contributed by atoms with Crippen LogP contribution < -0.4 is 0 Å². The van der Waals surface area contributed by atoms with E-state index in [0.717, 1.165) is 0 Å². The molecule has 2 atom stereocenters. The first-order valence-electron chi connectivity index (χ1n) is 4.81. The van der Waals surface area contributed by atoms with Crippen LogP contribution in [0.1, 0.15) is 27.2 Å². The molecule has 5 nitrogen and oxygen atoms in total. The molecule has 0 bridgehead atoms. The lowest BCUT2D eigenvalue weighted by atomic mass is 9.85. The van der Waals surface area contributed by atoms with Gasteiger partial charge in [0.1, 0.15) is 0 Å². The van der Waals surface area contributed by atoms with Gasteiger partial charge in [0.2, 0.25) is 0 Å². The summed E-state index contributed by atoms with van der Waals surface area (Å²) in [5, 5.41) is 9.02. The van der Waals surface area contributed by atoms with Crippen LogP contribution in [0.15, 0.2) is 0 Å². The molecule has 0 saturated heterocycles. The number of carbonyl (C=O) groups excluding carboxylic acids is 1. The van der Waals surface area contributed by atoms with E-state index in [1.54, 1.807) is 13.8 Å². The molecule has 15 heavy (non-hydrogen) atoms. The molecule has 1 N–H and O–H groups in total. The number of carbonyl (C=O) groups is 2. The predicted molar refractivity (Wildman–Crippen MR) is 53.5 cm³/mol. The molecule has 0 aromatic rings. The normalized spacial score (nSPS) is 16.5. The molecular formula is C10H18O5. The molecule has 0 rings (SSSR count). The van der Waals surface area contributed by atoms with Crippen molar-refractivity contribution in [3.05, 3.63) is 0 Å². The summed E-state index contributed by atoms with van der Waals surface area (Å²) < 4.78 is 9.69. The summed E-state index contributed by atoms with van der Waals surface area (Å²) in [6.07, 6.45) is -0.215. The minimum atomic E-state index is -1.54. The maximum absolute atomic E-state index is 11.5. The van der Waals surface area contributed by atoms with E-state index in [2.05, 4.69) is 0 Å². The Bertz CT molecular complexity index is 238. The van der Waals surface area contributed by atoms with Gasteiger partial charge >= 0.3 is 11.9 Å². The topological polar surface area (TPSA) is 72.8 Å². The number of esters is 1. The van der Waals surface area contributed by atoms with Crippen molar-refractivity contribution in [3.63, 3.8) is 0 Å². The highest BCUT2D eigenvalue weighted by atomic mass is 16.5. The Labute approximate surface area is 89.4 Å². The molecule has 0 heterocycles. The van der Waals surface area contributed by atoms with Crippen molar-refractivity contribution in [1.29, 1.82) is 0 Å². The lowest BCUT2D eigenvalue weighted by molar-refractivity contribution is -0.169. The number of hydrogen-bond donors (Lipinski definition) is 1. The Hall–Kier alpha value is -1.10. The molecular weight excluding hydrogens is 200 g/mol. The van der Waals surface area contributed by atoms with Crippen molar-refractivity contribution in [2.45, 2.75) is 33.3 Å². The van der Waals surface area contributed by atoms with Gasteiger partial charge in [-0.05, 0) is 27.2 Å². The Morgan fingerprint density at radius 3 is 2.33 bits per heavy atom. The number of carboxylic acids is 1. The van der Waals surface area contributed by atoms with E-state index in [1.807, 2.05) is 0 Å². The zero-order valence-electron chi connectivity index (χ0n) is 9.57. The SMILES string of the molecule is CCOC(=O)C(C)(CC(C)OC)C(=O)O. The Morgan fingerprint density at radius 2 is 2.00 bits per heavy atom. The maximum atomic E-state index is 11.5. The van der Waals surface area contributed by atoms with Crippen LogP contribution in [0.3, 0.4) is 0 Å². The second kappa shape index (κ2) is 5.70. The minimum Gasteiger partial charge on any atom is -0.480 e. The second-order valence-corrected chi connectivity index (χ2v) is 3.61. The molecule has 0 aromatic heterocycles. The van der Waals surface area contributed by atoms with Gasteiger partial charge in [0.25, 0.3) is 0 Å². The second-order valence-electron chi connectivity index (χ2n) is 3.61. The summed E-state index contributed by atoms with van der Waals surface area (Å²) >= 11 is 0. The third kappa shape index (κ3) is 3.51. The first kappa shape index (κ1) is 13.9. The van der Waals surface area contributed by atoms with Crippen molar-refractivity contribution in [1.82, 2.24) is 0 Å². The summed E-state index contributed by atoms with van der Waals surface area (Å²) in [7, 11) is 1.47. The highest BCUT2D eigenvalue weighted by Crippen LogP contribution is 2.26. The summed E-state index contributed by atoms with van der Waals surface area (Å²) in [6.45, 7) is 4.87. The fraction of sp³-hybridized carbons (Fsp3) is 0.800. The van der Waals surface area contributed by atoms with Crippen molar-refractivity contribution in [3.8, 4) is 0 Å². The van der Waals surface area contributed by atoms with Crippen molar-refractivity contribution >= 4 is 11.9 Å². The Balaban J connectivity index is 4.73. The summed E-state index contributed by atoms with van der Waals surface area (Å²) in [4.78, 5) is 22.5. The number of aliphatic carboxylic acids is 1. The van der Waals surface area contributed by atoms with E-state index in [0.29, 0.717) is 0 Å². The van der Waals surface area contributed by atoms with E-state index in [9.17, 15) is 9.59 Å². The van der Waals surface area contributed by atoms with Crippen LogP contribution in [0.2, 0.25) is 0 Å². The lowest BCUT2D eigenvalue weighted by Gasteiger charge is -2.24. The number of methoxy groups -OCH3 is 1. The number of hydrogen-bond acceptors (Lipinski definition) is 4. The van der Waals surface area contributed by atoms with Gasteiger partial charge in [-0.25, -0.2) is 0 Å². The molecule has 0 saturated carbocycles. The zero-order chi connectivity index (χ0) is 12.1. The van der Waals surface area contributed by atoms with Gasteiger partial charge in [0, 0.05) is 7.11 Å². The molecule has 0 aliphatic rings. The summed E-state index contributed by atoms with van der Waals surface area (Å²) in [6, 6.07) is 0. The lowest BCUT2D eigenvalue weighted by Crippen LogP contribution is -2.40. The largest absolute Gasteiger partial charge is 0.480 e. The number of carboxylic acid groups (broad SMARTS) is 1. The Kier molecular flexibility index (Phi) is 5.28. The third-order valence-corrected chi connectivity index (χ3v) is 2.30. The highest BCUT2D eigenvalue weighted by molar-refractivity contribution is 5.98. The molecule has 88 valence electrons. The van der Waals surface area contributed by atoms with Gasteiger partial charge in [0.15, 0.2) is 5.41 Å². The van der Waals surface area contributed by atoms with Crippen LogP contribution in [-0.4, -0.2) is 36.9 Å². The van der Waals surface area contributed by atoms with Gasteiger partial charge in [-0.2, -0.15) is 0 Å². The average molecular weight is 218 g/mol. The van der Waals surface area contributed by atoms with E-state index >= 15 is 0 Å². The van der Waals surface area contributed by atoms with E-state index in [1.165, 1.54) is 14.0 Å². The van der Waals surface area contributed by atoms with Crippen molar-refractivity contribution in [2.75, 3.05) is 13.7 Å². The molecule has 0 radical (unpaired) electrons. The standard InChI is InChI=1S/C10H18O5/c1-5-15-9(13)10(3,8(11)12)6-7(2)14-4/h7H,5-6H2,1-4H3,(H,11,12). The molecule has 0 aliphatic heterocycles. The fourth-order valence-corrected chi connectivity index (χ4v) is 1.21. The van der Waals surface area contributed by atoms with Crippen LogP contribution in [0.25, 0.3) is 0 Å². The van der Waals surface area contributed by atoms with Crippen molar-refractivity contribution < 1.29 is 24.2 Å². The molecule has 5 heteroatoms. The first-order chi connectivity index (χ1) is 6.88. The third-order valence-electron chi connectivity index (χ3n) is 2.30. The summed E-state index contributed by atoms with van der Waals surface area (Å²) in [5.41, 5.74) is -1.54. The molecule has 0 amide bonds. The first-order valence-corrected chi connectivity index (χ1v) is 4.81. The molecule has 0 spiro atoms. The molecule has 0 aliphatic carbocycles. The van der Waals surface area contributed by atoms with Gasteiger partial charge in [-0.1, -0.05) is 0 Å². The van der Waals surface area contributed by atoms with Gasteiger partial charge in [0.05, 0.1) is 12.7 Å². The van der Waals surface area contributed by atoms with Crippen LogP contribution in [-0.2, 0) is 19.1 Å². The van der Waals surface area contributed by atoms with E-state index < -0.39 is 17.4 Å². The molecule has 0 aromatic carbocycles. The van der Waals surface area contributed by atoms with Crippen LogP contribution in [0, 0.1) is 5.41 Å². The number of ether oxygens (including phenoxy) is 2. The van der Waals surface area contributed by atoms with E-state index in [-0.39, 0.29) is 19.1 Å². The minimum absolute atomic E-state index is 0.0949. The smallest absolute Gasteiger partial charge is 0.323 e. The molecule has 0 fully saturated rings.